The molecule has 2 rings (SSSR count). The summed E-state index contributed by atoms with van der Waals surface area (Å²) in [5.74, 6) is -2.12. The Balaban J connectivity index is 2.72. The van der Waals surface area contributed by atoms with E-state index < -0.39 is 28.0 Å². The molecule has 2 N–H and O–H groups in total. The van der Waals surface area contributed by atoms with Crippen LogP contribution in [0.4, 0.5) is 5.69 Å². The summed E-state index contributed by atoms with van der Waals surface area (Å²) in [6, 6.07) is 2.28. The maximum absolute atomic E-state index is 11.0. The van der Waals surface area contributed by atoms with Gasteiger partial charge in [0.15, 0.2) is 11.4 Å². The first kappa shape index (κ1) is 14.1. The Morgan fingerprint density at radius 3 is 2.55 bits per heavy atom. The van der Waals surface area contributed by atoms with Gasteiger partial charge in [-0.2, -0.15) is 5.10 Å². The van der Waals surface area contributed by atoms with Gasteiger partial charge in [0.25, 0.3) is 5.69 Å². The van der Waals surface area contributed by atoms with E-state index in [1.165, 1.54) is 6.07 Å². The topological polar surface area (TPSA) is 118 Å². The van der Waals surface area contributed by atoms with Crippen LogP contribution in [0.5, 0.6) is 5.75 Å². The zero-order chi connectivity index (χ0) is 15.0. The number of aromatic nitrogens is 2. The average molecular weight is 318 g/mol. The largest absolute Gasteiger partial charge is 0.504 e. The van der Waals surface area contributed by atoms with E-state index in [2.05, 4.69) is 5.10 Å². The number of nitrogens with zero attached hydrogens (tertiary/aromatic N) is 3. The van der Waals surface area contributed by atoms with Gasteiger partial charge in [0.2, 0.25) is 5.69 Å². The van der Waals surface area contributed by atoms with Crippen LogP contribution in [0.1, 0.15) is 10.5 Å². The molecule has 0 saturated heterocycles. The monoisotopic (exact) mass is 317 g/mol. The Hall–Kier alpha value is -2.32. The first-order valence-corrected chi connectivity index (χ1v) is 5.72. The highest BCUT2D eigenvalue weighted by Crippen LogP contribution is 2.34. The van der Waals surface area contributed by atoms with Crippen LogP contribution >= 0.6 is 23.2 Å². The molecule has 2 aromatic rings. The van der Waals surface area contributed by atoms with Gasteiger partial charge in [0.1, 0.15) is 0 Å². The summed E-state index contributed by atoms with van der Waals surface area (Å²) >= 11 is 11.6. The Kier molecular flexibility index (Phi) is 3.51. The number of hydrogen-bond donors (Lipinski definition) is 2. The predicted molar refractivity (Wildman–Crippen MR) is 68.9 cm³/mol. The molecule has 0 aliphatic carbocycles. The van der Waals surface area contributed by atoms with E-state index >= 15 is 0 Å². The lowest BCUT2D eigenvalue weighted by molar-refractivity contribution is -0.384. The molecule has 0 aliphatic heterocycles. The molecule has 0 saturated carbocycles. The lowest BCUT2D eigenvalue weighted by Crippen LogP contribution is -2.04. The van der Waals surface area contributed by atoms with E-state index in [0.29, 0.717) is 0 Å². The average Bonchev–Trinajstić information content (AvgIpc) is 2.69. The molecular weight excluding hydrogens is 313 g/mol. The predicted octanol–water partition coefficient (Wildman–Crippen LogP) is 2.49. The zero-order valence-corrected chi connectivity index (χ0v) is 11.0. The molecule has 1 aromatic heterocycles. The molecular formula is C10H5Cl2N3O5. The molecule has 104 valence electrons. The molecule has 0 radical (unpaired) electrons. The minimum atomic E-state index is -1.48. The normalized spacial score (nSPS) is 10.5. The second kappa shape index (κ2) is 4.99. The third kappa shape index (κ3) is 2.38. The van der Waals surface area contributed by atoms with Crippen LogP contribution in [-0.2, 0) is 0 Å². The lowest BCUT2D eigenvalue weighted by Gasteiger charge is -2.05. The number of halogens is 2. The molecule has 0 atom stereocenters. The van der Waals surface area contributed by atoms with Crippen LogP contribution in [0.25, 0.3) is 5.69 Å². The van der Waals surface area contributed by atoms with Crippen molar-refractivity contribution in [2.75, 3.05) is 0 Å². The molecule has 1 heterocycles. The first-order chi connectivity index (χ1) is 9.31. The van der Waals surface area contributed by atoms with E-state index in [4.69, 9.17) is 28.3 Å². The molecule has 8 nitrogen and oxygen atoms in total. The number of hydrogen-bond acceptors (Lipinski definition) is 5. The molecule has 1 aromatic carbocycles. The van der Waals surface area contributed by atoms with E-state index in [9.17, 15) is 20.0 Å². The van der Waals surface area contributed by atoms with Crippen molar-refractivity contribution in [3.63, 3.8) is 0 Å². The molecule has 0 bridgehead atoms. The van der Waals surface area contributed by atoms with Gasteiger partial charge in [-0.05, 0) is 6.07 Å². The van der Waals surface area contributed by atoms with Crippen molar-refractivity contribution in [1.29, 1.82) is 0 Å². The van der Waals surface area contributed by atoms with E-state index in [-0.39, 0.29) is 15.7 Å². The smallest absolute Gasteiger partial charge is 0.360 e. The van der Waals surface area contributed by atoms with E-state index in [1.54, 1.807) is 0 Å². The highest BCUT2D eigenvalue weighted by molar-refractivity contribution is 6.36. The summed E-state index contributed by atoms with van der Waals surface area (Å²) in [6.07, 6.45) is 0.908. The minimum Gasteiger partial charge on any atom is -0.504 e. The van der Waals surface area contributed by atoms with Gasteiger partial charge in [-0.1, -0.05) is 23.2 Å². The molecule has 0 spiro atoms. The maximum Gasteiger partial charge on any atom is 0.360 e. The van der Waals surface area contributed by atoms with E-state index in [0.717, 1.165) is 16.9 Å². The number of carbonyl (C=O) groups is 1. The fraction of sp³-hybridized carbons (Fsp3) is 0. The summed E-state index contributed by atoms with van der Waals surface area (Å²) in [5.41, 5.74) is -1.31. The summed E-state index contributed by atoms with van der Waals surface area (Å²) in [6.45, 7) is 0. The number of aromatic hydroxyl groups is 1. The minimum absolute atomic E-state index is 0.0419. The third-order valence-corrected chi connectivity index (χ3v) is 2.84. The molecule has 20 heavy (non-hydrogen) atoms. The van der Waals surface area contributed by atoms with Crippen LogP contribution in [0.3, 0.4) is 0 Å². The summed E-state index contributed by atoms with van der Waals surface area (Å²) in [7, 11) is 0. The number of benzene rings is 1. The highest BCUT2D eigenvalue weighted by Gasteiger charge is 2.24. The van der Waals surface area contributed by atoms with Crippen LogP contribution < -0.4 is 0 Å². The van der Waals surface area contributed by atoms with Gasteiger partial charge in [-0.15, -0.1) is 0 Å². The number of nitro groups is 1. The second-order valence-corrected chi connectivity index (χ2v) is 4.47. The van der Waals surface area contributed by atoms with Crippen LogP contribution in [0, 0.1) is 10.1 Å². The molecule has 0 unspecified atom stereocenters. The maximum atomic E-state index is 11.0. The van der Waals surface area contributed by atoms with Gasteiger partial charge in [0, 0.05) is 11.1 Å². The fourth-order valence-corrected chi connectivity index (χ4v) is 2.12. The van der Waals surface area contributed by atoms with Gasteiger partial charge >= 0.3 is 5.97 Å². The summed E-state index contributed by atoms with van der Waals surface area (Å²) in [5, 5.41) is 32.7. The van der Waals surface area contributed by atoms with Crippen molar-refractivity contribution >= 4 is 34.9 Å². The zero-order valence-electron chi connectivity index (χ0n) is 9.45. The second-order valence-electron chi connectivity index (χ2n) is 3.63. The van der Waals surface area contributed by atoms with Crippen molar-refractivity contribution in [2.45, 2.75) is 0 Å². The number of carboxylic acid groups (broad SMARTS) is 1. The number of carboxylic acids is 1. The van der Waals surface area contributed by atoms with Gasteiger partial charge in [-0.25, -0.2) is 9.48 Å². The quantitative estimate of drug-likeness (QED) is 0.663. The summed E-state index contributed by atoms with van der Waals surface area (Å²) in [4.78, 5) is 21.1. The number of aromatic carboxylic acids is 1. The molecule has 0 aliphatic rings. The van der Waals surface area contributed by atoms with Crippen molar-refractivity contribution in [2.24, 2.45) is 0 Å². The van der Waals surface area contributed by atoms with Gasteiger partial charge in [0.05, 0.1) is 16.1 Å². The van der Waals surface area contributed by atoms with Crippen LogP contribution in [0.15, 0.2) is 18.3 Å². The van der Waals surface area contributed by atoms with Crippen molar-refractivity contribution in [3.8, 4) is 11.4 Å². The Morgan fingerprint density at radius 1 is 1.40 bits per heavy atom. The standard InChI is InChI=1S/C10H5Cl2N3O5/c11-4-1-5(12)9(6(2-4)15(19)20)14-3-7(16)8(13-14)10(17)18/h1-3,16H,(H,17,18). The van der Waals surface area contributed by atoms with Crippen LogP contribution in [0.2, 0.25) is 10.0 Å². The SMILES string of the molecule is O=C(O)c1nn(-c2c(Cl)cc(Cl)cc2[N+](=O)[O-])cc1O. The van der Waals surface area contributed by atoms with Gasteiger partial charge in [-0.3, -0.25) is 10.1 Å². The van der Waals surface area contributed by atoms with Crippen LogP contribution in [-0.4, -0.2) is 30.9 Å². The van der Waals surface area contributed by atoms with E-state index in [1.807, 2.05) is 0 Å². The molecule has 10 heteroatoms. The Bertz CT molecular complexity index is 728. The van der Waals surface area contributed by atoms with Crippen molar-refractivity contribution in [1.82, 2.24) is 9.78 Å². The highest BCUT2D eigenvalue weighted by atomic mass is 35.5. The lowest BCUT2D eigenvalue weighted by atomic mass is 10.2. The fourth-order valence-electron chi connectivity index (χ4n) is 1.55. The number of rotatable bonds is 3. The van der Waals surface area contributed by atoms with Crippen molar-refractivity contribution < 1.29 is 19.9 Å². The summed E-state index contributed by atoms with van der Waals surface area (Å²) < 4.78 is 0.815. The van der Waals surface area contributed by atoms with Gasteiger partial charge < -0.3 is 10.2 Å². The first-order valence-electron chi connectivity index (χ1n) is 4.97. The van der Waals surface area contributed by atoms with Crippen molar-refractivity contribution in [3.05, 3.63) is 44.2 Å². The molecule has 0 fully saturated rings. The Labute approximate surface area is 120 Å². The Morgan fingerprint density at radius 2 is 2.05 bits per heavy atom. The third-order valence-electron chi connectivity index (χ3n) is 2.33. The molecule has 0 amide bonds. The number of nitro benzene ring substituents is 1.